The Labute approximate surface area is 118 Å². The van der Waals surface area contributed by atoms with E-state index >= 15 is 0 Å². The Kier molecular flexibility index (Phi) is 4.51. The van der Waals surface area contributed by atoms with Gasteiger partial charge in [0.25, 0.3) is 0 Å². The summed E-state index contributed by atoms with van der Waals surface area (Å²) in [6, 6.07) is 6.82. The lowest BCUT2D eigenvalue weighted by atomic mass is 9.85. The minimum atomic E-state index is 0.494. The van der Waals surface area contributed by atoms with Gasteiger partial charge in [-0.05, 0) is 56.2 Å². The molecular formula is C17H28N2. The Balaban J connectivity index is 2.21. The second-order valence-corrected chi connectivity index (χ2v) is 6.68. The van der Waals surface area contributed by atoms with Crippen molar-refractivity contribution in [3.05, 3.63) is 29.3 Å². The van der Waals surface area contributed by atoms with Gasteiger partial charge in [-0.3, -0.25) is 0 Å². The Morgan fingerprint density at radius 1 is 1.21 bits per heavy atom. The maximum Gasteiger partial charge on any atom is 0.0399 e. The summed E-state index contributed by atoms with van der Waals surface area (Å²) >= 11 is 0. The van der Waals surface area contributed by atoms with E-state index in [2.05, 4.69) is 43.9 Å². The zero-order valence-corrected chi connectivity index (χ0v) is 12.7. The fraction of sp³-hybridized carbons (Fsp3) is 0.647. The van der Waals surface area contributed by atoms with Crippen LogP contribution in [0.5, 0.6) is 0 Å². The Morgan fingerprint density at radius 2 is 2.00 bits per heavy atom. The van der Waals surface area contributed by atoms with Gasteiger partial charge in [-0.1, -0.05) is 31.5 Å². The van der Waals surface area contributed by atoms with Gasteiger partial charge < -0.3 is 10.6 Å². The zero-order valence-electron chi connectivity index (χ0n) is 12.7. The van der Waals surface area contributed by atoms with E-state index in [-0.39, 0.29) is 0 Å². The van der Waals surface area contributed by atoms with Gasteiger partial charge in [0.2, 0.25) is 0 Å². The van der Waals surface area contributed by atoms with Crippen LogP contribution in [-0.4, -0.2) is 19.6 Å². The number of nitrogens with two attached hydrogens (primary N) is 1. The molecule has 19 heavy (non-hydrogen) atoms. The molecule has 1 aromatic carbocycles. The highest BCUT2D eigenvalue weighted by Crippen LogP contribution is 2.33. The van der Waals surface area contributed by atoms with Crippen LogP contribution in [0.1, 0.15) is 44.2 Å². The van der Waals surface area contributed by atoms with Crippen LogP contribution in [0.25, 0.3) is 0 Å². The van der Waals surface area contributed by atoms with Gasteiger partial charge in [-0.2, -0.15) is 0 Å². The van der Waals surface area contributed by atoms with E-state index in [1.165, 1.54) is 49.2 Å². The topological polar surface area (TPSA) is 29.3 Å². The highest BCUT2D eigenvalue weighted by molar-refractivity contribution is 5.55. The lowest BCUT2D eigenvalue weighted by Crippen LogP contribution is -2.26. The quantitative estimate of drug-likeness (QED) is 0.901. The SMILES string of the molecule is Cc1ccc(N2CCCC(C)(C)CC2)c(CCN)c1. The van der Waals surface area contributed by atoms with Crippen molar-refractivity contribution >= 4 is 5.69 Å². The molecule has 1 saturated heterocycles. The lowest BCUT2D eigenvalue weighted by Gasteiger charge is -2.27. The molecule has 0 spiro atoms. The zero-order chi connectivity index (χ0) is 13.9. The van der Waals surface area contributed by atoms with Crippen LogP contribution in [0, 0.1) is 12.3 Å². The van der Waals surface area contributed by atoms with Crippen molar-refractivity contribution in [3.63, 3.8) is 0 Å². The highest BCUT2D eigenvalue weighted by atomic mass is 15.1. The lowest BCUT2D eigenvalue weighted by molar-refractivity contribution is 0.325. The summed E-state index contributed by atoms with van der Waals surface area (Å²) < 4.78 is 0. The van der Waals surface area contributed by atoms with E-state index in [1.807, 2.05) is 0 Å². The molecule has 1 aliphatic rings. The third-order valence-electron chi connectivity index (χ3n) is 4.33. The van der Waals surface area contributed by atoms with Crippen LogP contribution in [0.15, 0.2) is 18.2 Å². The summed E-state index contributed by atoms with van der Waals surface area (Å²) in [5.74, 6) is 0. The molecule has 2 nitrogen and oxygen atoms in total. The van der Waals surface area contributed by atoms with Gasteiger partial charge >= 0.3 is 0 Å². The van der Waals surface area contributed by atoms with Gasteiger partial charge in [0, 0.05) is 18.8 Å². The third-order valence-corrected chi connectivity index (χ3v) is 4.33. The monoisotopic (exact) mass is 260 g/mol. The maximum atomic E-state index is 5.76. The number of aryl methyl sites for hydroxylation is 1. The molecule has 2 rings (SSSR count). The van der Waals surface area contributed by atoms with Crippen molar-refractivity contribution in [2.24, 2.45) is 11.1 Å². The number of anilines is 1. The first-order chi connectivity index (χ1) is 9.02. The molecule has 0 aromatic heterocycles. The van der Waals surface area contributed by atoms with Crippen LogP contribution >= 0.6 is 0 Å². The Morgan fingerprint density at radius 3 is 2.74 bits per heavy atom. The van der Waals surface area contributed by atoms with E-state index in [4.69, 9.17) is 5.73 Å². The van der Waals surface area contributed by atoms with Crippen molar-refractivity contribution in [2.75, 3.05) is 24.5 Å². The van der Waals surface area contributed by atoms with Gasteiger partial charge in [-0.25, -0.2) is 0 Å². The van der Waals surface area contributed by atoms with Crippen molar-refractivity contribution in [2.45, 2.75) is 46.5 Å². The summed E-state index contributed by atoms with van der Waals surface area (Å²) in [5, 5.41) is 0. The first kappa shape index (κ1) is 14.4. The van der Waals surface area contributed by atoms with E-state index in [9.17, 15) is 0 Å². The normalized spacial score (nSPS) is 19.3. The maximum absolute atomic E-state index is 5.76. The fourth-order valence-corrected chi connectivity index (χ4v) is 3.04. The minimum absolute atomic E-state index is 0.494. The Hall–Kier alpha value is -1.02. The molecule has 0 amide bonds. The molecule has 0 unspecified atom stereocenters. The fourth-order valence-electron chi connectivity index (χ4n) is 3.04. The molecule has 0 bridgehead atoms. The van der Waals surface area contributed by atoms with Crippen molar-refractivity contribution < 1.29 is 0 Å². The molecule has 106 valence electrons. The number of hydrogen-bond donors (Lipinski definition) is 1. The Bertz CT molecular complexity index is 423. The average Bonchev–Trinajstić information content (AvgIpc) is 2.51. The molecule has 1 heterocycles. The van der Waals surface area contributed by atoms with E-state index in [0.29, 0.717) is 5.41 Å². The van der Waals surface area contributed by atoms with Gasteiger partial charge in [0.15, 0.2) is 0 Å². The van der Waals surface area contributed by atoms with Crippen molar-refractivity contribution in [3.8, 4) is 0 Å². The van der Waals surface area contributed by atoms with Crippen LogP contribution < -0.4 is 10.6 Å². The molecule has 1 fully saturated rings. The predicted octanol–water partition coefficient (Wildman–Crippen LogP) is 3.51. The smallest absolute Gasteiger partial charge is 0.0399 e. The summed E-state index contributed by atoms with van der Waals surface area (Å²) in [6.07, 6.45) is 4.89. The first-order valence-electron chi connectivity index (χ1n) is 7.56. The second kappa shape index (κ2) is 5.96. The molecule has 0 aliphatic carbocycles. The third kappa shape index (κ3) is 3.73. The predicted molar refractivity (Wildman–Crippen MR) is 83.8 cm³/mol. The van der Waals surface area contributed by atoms with Gasteiger partial charge in [0.05, 0.1) is 0 Å². The molecule has 2 heteroatoms. The van der Waals surface area contributed by atoms with Crippen molar-refractivity contribution in [1.82, 2.24) is 0 Å². The molecular weight excluding hydrogens is 232 g/mol. The molecule has 1 aromatic rings. The standard InChI is InChI=1S/C17H28N2/c1-14-5-6-16(15(13-14)7-10-18)19-11-4-8-17(2,3)9-12-19/h5-6,13H,4,7-12,18H2,1-3H3. The summed E-state index contributed by atoms with van der Waals surface area (Å²) in [5.41, 5.74) is 10.4. The molecule has 0 saturated carbocycles. The second-order valence-electron chi connectivity index (χ2n) is 6.68. The van der Waals surface area contributed by atoms with Crippen LogP contribution in [0.4, 0.5) is 5.69 Å². The molecule has 0 atom stereocenters. The van der Waals surface area contributed by atoms with Crippen LogP contribution in [0.3, 0.4) is 0 Å². The van der Waals surface area contributed by atoms with Gasteiger partial charge in [0.1, 0.15) is 0 Å². The molecule has 2 N–H and O–H groups in total. The molecule has 1 aliphatic heterocycles. The van der Waals surface area contributed by atoms with Gasteiger partial charge in [-0.15, -0.1) is 0 Å². The highest BCUT2D eigenvalue weighted by Gasteiger charge is 2.23. The largest absolute Gasteiger partial charge is 0.371 e. The van der Waals surface area contributed by atoms with E-state index < -0.39 is 0 Å². The number of nitrogens with zero attached hydrogens (tertiary/aromatic N) is 1. The minimum Gasteiger partial charge on any atom is -0.371 e. The summed E-state index contributed by atoms with van der Waals surface area (Å²) in [6.45, 7) is 10.0. The van der Waals surface area contributed by atoms with E-state index in [0.717, 1.165) is 13.0 Å². The number of rotatable bonds is 3. The molecule has 0 radical (unpaired) electrons. The summed E-state index contributed by atoms with van der Waals surface area (Å²) in [4.78, 5) is 2.57. The van der Waals surface area contributed by atoms with Crippen LogP contribution in [-0.2, 0) is 6.42 Å². The van der Waals surface area contributed by atoms with E-state index in [1.54, 1.807) is 0 Å². The number of benzene rings is 1. The van der Waals surface area contributed by atoms with Crippen molar-refractivity contribution in [1.29, 1.82) is 0 Å². The van der Waals surface area contributed by atoms with Crippen LogP contribution in [0.2, 0.25) is 0 Å². The first-order valence-corrected chi connectivity index (χ1v) is 7.56. The number of hydrogen-bond acceptors (Lipinski definition) is 2. The summed E-state index contributed by atoms with van der Waals surface area (Å²) in [7, 11) is 0. The average molecular weight is 260 g/mol.